The zero-order chi connectivity index (χ0) is 12.9. The zero-order valence-electron chi connectivity index (χ0n) is 10.7. The Hall–Kier alpha value is -0.290. The fourth-order valence-electron chi connectivity index (χ4n) is 2.22. The molecule has 0 saturated carbocycles. The molecular weight excluding hydrogens is 229 g/mol. The number of halogens is 3. The van der Waals surface area contributed by atoms with Gasteiger partial charge in [-0.1, -0.05) is 6.92 Å². The lowest BCUT2D eigenvalue weighted by Crippen LogP contribution is -2.55. The smallest absolute Gasteiger partial charge is 0.311 e. The molecule has 5 heteroatoms. The Morgan fingerprint density at radius 3 is 2.59 bits per heavy atom. The van der Waals surface area contributed by atoms with E-state index in [1.807, 2.05) is 0 Å². The topological polar surface area (TPSA) is 15.3 Å². The molecule has 1 fully saturated rings. The van der Waals surface area contributed by atoms with Gasteiger partial charge in [0.15, 0.2) is 0 Å². The molecular formula is C12H23F3N2. The van der Waals surface area contributed by atoms with Crippen molar-refractivity contribution < 1.29 is 13.2 Å². The van der Waals surface area contributed by atoms with Crippen molar-refractivity contribution in [2.24, 2.45) is 0 Å². The Morgan fingerprint density at radius 1 is 1.29 bits per heavy atom. The maximum atomic E-state index is 12.0. The van der Waals surface area contributed by atoms with Gasteiger partial charge in [0.05, 0.1) is 0 Å². The Morgan fingerprint density at radius 2 is 2.00 bits per heavy atom. The summed E-state index contributed by atoms with van der Waals surface area (Å²) in [5.41, 5.74) is 0. The lowest BCUT2D eigenvalue weighted by molar-refractivity contribution is -0.135. The molecule has 1 aliphatic rings. The Bertz CT molecular complexity index is 218. The van der Waals surface area contributed by atoms with E-state index >= 15 is 0 Å². The highest BCUT2D eigenvalue weighted by atomic mass is 19.4. The molecule has 0 radical (unpaired) electrons. The molecule has 2 unspecified atom stereocenters. The largest absolute Gasteiger partial charge is 0.389 e. The molecule has 102 valence electrons. The van der Waals surface area contributed by atoms with Crippen molar-refractivity contribution >= 4 is 0 Å². The number of piperazine rings is 1. The van der Waals surface area contributed by atoms with Crippen LogP contribution in [0, 0.1) is 0 Å². The summed E-state index contributed by atoms with van der Waals surface area (Å²) in [4.78, 5) is 2.31. The van der Waals surface area contributed by atoms with Gasteiger partial charge in [0.1, 0.15) is 0 Å². The molecule has 0 aromatic rings. The maximum Gasteiger partial charge on any atom is 0.389 e. The van der Waals surface area contributed by atoms with Crippen LogP contribution in [0.3, 0.4) is 0 Å². The number of nitrogens with one attached hydrogen (secondary N) is 1. The van der Waals surface area contributed by atoms with E-state index in [2.05, 4.69) is 24.1 Å². The van der Waals surface area contributed by atoms with E-state index in [1.54, 1.807) is 0 Å². The van der Waals surface area contributed by atoms with Crippen molar-refractivity contribution in [1.82, 2.24) is 10.2 Å². The van der Waals surface area contributed by atoms with E-state index in [9.17, 15) is 13.2 Å². The Balaban J connectivity index is 2.20. The van der Waals surface area contributed by atoms with E-state index in [-0.39, 0.29) is 6.42 Å². The molecule has 1 aliphatic heterocycles. The van der Waals surface area contributed by atoms with Crippen LogP contribution in [0.25, 0.3) is 0 Å². The molecule has 1 rings (SSSR count). The molecule has 0 amide bonds. The summed E-state index contributed by atoms with van der Waals surface area (Å²) in [5.74, 6) is 0. The molecule has 0 aromatic heterocycles. The molecule has 0 aromatic carbocycles. The van der Waals surface area contributed by atoms with Crippen molar-refractivity contribution in [1.29, 1.82) is 0 Å². The van der Waals surface area contributed by atoms with E-state index in [0.29, 0.717) is 18.5 Å². The van der Waals surface area contributed by atoms with Crippen molar-refractivity contribution in [3.8, 4) is 0 Å². The molecule has 1 N–H and O–H groups in total. The summed E-state index contributed by atoms with van der Waals surface area (Å²) in [6.07, 6.45) is -2.69. The van der Waals surface area contributed by atoms with Crippen molar-refractivity contribution in [2.45, 2.75) is 57.8 Å². The second kappa shape index (κ2) is 6.59. The molecule has 2 nitrogen and oxygen atoms in total. The minimum atomic E-state index is -4.00. The van der Waals surface area contributed by atoms with Crippen molar-refractivity contribution in [2.75, 3.05) is 19.6 Å². The molecule has 0 spiro atoms. The minimum Gasteiger partial charge on any atom is -0.311 e. The van der Waals surface area contributed by atoms with Crippen LogP contribution in [0.5, 0.6) is 0 Å². The van der Waals surface area contributed by atoms with E-state index < -0.39 is 12.6 Å². The van der Waals surface area contributed by atoms with E-state index in [0.717, 1.165) is 26.1 Å². The second-order valence-electron chi connectivity index (χ2n) is 4.93. The number of alkyl halides is 3. The summed E-state index contributed by atoms with van der Waals surface area (Å²) in [5, 5.41) is 3.44. The first kappa shape index (κ1) is 14.8. The summed E-state index contributed by atoms with van der Waals surface area (Å²) in [6, 6.07) is 0.928. The summed E-state index contributed by atoms with van der Waals surface area (Å²) >= 11 is 0. The average Bonchev–Trinajstić information content (AvgIpc) is 2.25. The summed E-state index contributed by atoms with van der Waals surface area (Å²) in [6.45, 7) is 6.95. The fraction of sp³-hybridized carbons (Fsp3) is 1.00. The molecule has 17 heavy (non-hydrogen) atoms. The number of hydrogen-bond donors (Lipinski definition) is 1. The minimum absolute atomic E-state index is 0.247. The Labute approximate surface area is 102 Å². The van der Waals surface area contributed by atoms with Gasteiger partial charge in [0, 0.05) is 31.6 Å². The van der Waals surface area contributed by atoms with Crippen LogP contribution in [-0.2, 0) is 0 Å². The second-order valence-corrected chi connectivity index (χ2v) is 4.93. The van der Waals surface area contributed by atoms with Gasteiger partial charge in [-0.2, -0.15) is 13.2 Å². The lowest BCUT2D eigenvalue weighted by atomic mass is 10.1. The van der Waals surface area contributed by atoms with Gasteiger partial charge in [0.2, 0.25) is 0 Å². The first-order valence-electron chi connectivity index (χ1n) is 6.46. The van der Waals surface area contributed by atoms with Gasteiger partial charge in [-0.05, 0) is 32.7 Å². The van der Waals surface area contributed by atoms with Crippen LogP contribution in [0.4, 0.5) is 13.2 Å². The van der Waals surface area contributed by atoms with E-state index in [1.165, 1.54) is 0 Å². The highest BCUT2D eigenvalue weighted by Gasteiger charge is 2.27. The molecule has 0 bridgehead atoms. The van der Waals surface area contributed by atoms with Crippen molar-refractivity contribution in [3.05, 3.63) is 0 Å². The predicted molar refractivity (Wildman–Crippen MR) is 63.0 cm³/mol. The number of hydrogen-bond acceptors (Lipinski definition) is 2. The summed E-state index contributed by atoms with van der Waals surface area (Å²) in [7, 11) is 0. The normalized spacial score (nSPS) is 27.4. The van der Waals surface area contributed by atoms with Crippen LogP contribution in [-0.4, -0.2) is 42.8 Å². The quantitative estimate of drug-likeness (QED) is 0.757. The van der Waals surface area contributed by atoms with Crippen LogP contribution >= 0.6 is 0 Å². The Kier molecular flexibility index (Phi) is 5.73. The zero-order valence-corrected chi connectivity index (χ0v) is 10.7. The maximum absolute atomic E-state index is 12.0. The predicted octanol–water partition coefficient (Wildman–Crippen LogP) is 2.79. The first-order valence-corrected chi connectivity index (χ1v) is 6.46. The van der Waals surface area contributed by atoms with Gasteiger partial charge < -0.3 is 5.32 Å². The van der Waals surface area contributed by atoms with Gasteiger partial charge in [-0.3, -0.25) is 4.90 Å². The van der Waals surface area contributed by atoms with E-state index in [4.69, 9.17) is 0 Å². The third kappa shape index (κ3) is 5.73. The van der Waals surface area contributed by atoms with Crippen LogP contribution in [0.15, 0.2) is 0 Å². The lowest BCUT2D eigenvalue weighted by Gasteiger charge is -2.38. The van der Waals surface area contributed by atoms with Gasteiger partial charge in [-0.25, -0.2) is 0 Å². The third-order valence-corrected chi connectivity index (χ3v) is 3.43. The third-order valence-electron chi connectivity index (χ3n) is 3.43. The van der Waals surface area contributed by atoms with Crippen LogP contribution < -0.4 is 5.32 Å². The standard InChI is InChI=1S/C12H23F3N2/c1-3-11-9-17(10(2)8-16-11)7-5-4-6-12(13,14)15/h10-11,16H,3-9H2,1-2H3. The van der Waals surface area contributed by atoms with Crippen LogP contribution in [0.2, 0.25) is 0 Å². The number of nitrogens with zero attached hydrogens (tertiary/aromatic N) is 1. The molecule has 1 saturated heterocycles. The molecule has 1 heterocycles. The van der Waals surface area contributed by atoms with Crippen molar-refractivity contribution in [3.63, 3.8) is 0 Å². The molecule has 0 aliphatic carbocycles. The van der Waals surface area contributed by atoms with Crippen LogP contribution in [0.1, 0.15) is 39.5 Å². The monoisotopic (exact) mass is 252 g/mol. The fourth-order valence-corrected chi connectivity index (χ4v) is 2.22. The average molecular weight is 252 g/mol. The summed E-state index contributed by atoms with van der Waals surface area (Å²) < 4.78 is 36.0. The first-order chi connectivity index (χ1) is 7.92. The highest BCUT2D eigenvalue weighted by molar-refractivity contribution is 4.82. The SMILES string of the molecule is CCC1CN(CCCCC(F)(F)F)C(C)CN1. The number of unbranched alkanes of at least 4 members (excludes halogenated alkanes) is 1. The van der Waals surface area contributed by atoms with Gasteiger partial charge >= 0.3 is 6.18 Å². The highest BCUT2D eigenvalue weighted by Crippen LogP contribution is 2.22. The number of rotatable bonds is 5. The molecule has 2 atom stereocenters. The van der Waals surface area contributed by atoms with Gasteiger partial charge in [-0.15, -0.1) is 0 Å². The van der Waals surface area contributed by atoms with Gasteiger partial charge in [0.25, 0.3) is 0 Å².